The quantitative estimate of drug-likeness (QED) is 0.708. The van der Waals surface area contributed by atoms with E-state index in [-0.39, 0.29) is 17.7 Å². The molecule has 0 bridgehead atoms. The maximum Gasteiger partial charge on any atom is 0.241 e. The summed E-state index contributed by atoms with van der Waals surface area (Å²) >= 11 is 0. The van der Waals surface area contributed by atoms with Gasteiger partial charge in [0.1, 0.15) is 5.75 Å². The van der Waals surface area contributed by atoms with Gasteiger partial charge in [0, 0.05) is 12.0 Å². The van der Waals surface area contributed by atoms with Crippen LogP contribution in [-0.2, 0) is 9.59 Å². The van der Waals surface area contributed by atoms with Crippen molar-refractivity contribution < 1.29 is 14.3 Å². The number of hydrogen-bond donors (Lipinski definition) is 3. The Hall–Kier alpha value is -2.08. The van der Waals surface area contributed by atoms with Gasteiger partial charge in [0.05, 0.1) is 24.5 Å². The summed E-state index contributed by atoms with van der Waals surface area (Å²) in [6.07, 6.45) is 3.14. The molecule has 1 aromatic rings. The maximum atomic E-state index is 13.1. The first-order valence-corrected chi connectivity index (χ1v) is 9.78. The molecule has 1 saturated carbocycles. The second-order valence-corrected chi connectivity index (χ2v) is 8.11. The minimum absolute atomic E-state index is 0.0155. The monoisotopic (exact) mass is 375 g/mol. The molecule has 4 atom stereocenters. The average Bonchev–Trinajstić information content (AvgIpc) is 2.62. The number of rotatable bonds is 6. The largest absolute Gasteiger partial charge is 0.497 e. The first-order valence-electron chi connectivity index (χ1n) is 9.78. The van der Waals surface area contributed by atoms with Gasteiger partial charge in [0.25, 0.3) is 0 Å². The van der Waals surface area contributed by atoms with E-state index in [9.17, 15) is 9.59 Å². The Labute approximate surface area is 162 Å². The van der Waals surface area contributed by atoms with Crippen LogP contribution in [0, 0.1) is 23.7 Å². The van der Waals surface area contributed by atoms with Gasteiger partial charge in [-0.05, 0) is 49.7 Å². The third-order valence-electron chi connectivity index (χ3n) is 5.52. The van der Waals surface area contributed by atoms with Crippen LogP contribution < -0.4 is 21.1 Å². The van der Waals surface area contributed by atoms with Crippen molar-refractivity contribution in [1.29, 1.82) is 0 Å². The van der Waals surface area contributed by atoms with Gasteiger partial charge in [0.15, 0.2) is 0 Å². The van der Waals surface area contributed by atoms with Gasteiger partial charge >= 0.3 is 0 Å². The molecule has 0 saturated heterocycles. The molecule has 1 aliphatic carbocycles. The highest BCUT2D eigenvalue weighted by Crippen LogP contribution is 2.39. The third kappa shape index (κ3) is 5.45. The highest BCUT2D eigenvalue weighted by molar-refractivity contribution is 6.02. The molecule has 4 N–H and O–H groups in total. The van der Waals surface area contributed by atoms with Crippen LogP contribution in [-0.4, -0.2) is 25.0 Å². The fraction of sp³-hybridized carbons (Fsp3) is 0.619. The number of amides is 2. The summed E-state index contributed by atoms with van der Waals surface area (Å²) in [6.45, 7) is 8.19. The van der Waals surface area contributed by atoms with Crippen LogP contribution in [0.3, 0.4) is 0 Å². The predicted molar refractivity (Wildman–Crippen MR) is 109 cm³/mol. The molecule has 6 heteroatoms. The van der Waals surface area contributed by atoms with Crippen LogP contribution in [0.4, 0.5) is 11.4 Å². The lowest BCUT2D eigenvalue weighted by Crippen LogP contribution is -2.37. The number of carbonyl (C=O) groups is 2. The van der Waals surface area contributed by atoms with Crippen molar-refractivity contribution in [2.24, 2.45) is 29.4 Å². The van der Waals surface area contributed by atoms with Gasteiger partial charge in [0.2, 0.25) is 11.8 Å². The Bertz CT molecular complexity index is 673. The van der Waals surface area contributed by atoms with Crippen LogP contribution in [0.5, 0.6) is 5.75 Å². The molecule has 27 heavy (non-hydrogen) atoms. The van der Waals surface area contributed by atoms with E-state index < -0.39 is 6.04 Å². The summed E-state index contributed by atoms with van der Waals surface area (Å²) in [4.78, 5) is 25.1. The van der Waals surface area contributed by atoms with E-state index in [1.165, 1.54) is 6.42 Å². The smallest absolute Gasteiger partial charge is 0.241 e. The van der Waals surface area contributed by atoms with Gasteiger partial charge in [-0.2, -0.15) is 0 Å². The fourth-order valence-electron chi connectivity index (χ4n) is 3.84. The molecule has 0 aromatic heterocycles. The van der Waals surface area contributed by atoms with Crippen LogP contribution in [0.1, 0.15) is 47.0 Å². The number of hydrogen-bond acceptors (Lipinski definition) is 4. The average molecular weight is 376 g/mol. The first-order chi connectivity index (χ1) is 12.7. The van der Waals surface area contributed by atoms with Crippen LogP contribution >= 0.6 is 0 Å². The molecule has 1 fully saturated rings. The number of benzene rings is 1. The molecule has 2 unspecified atom stereocenters. The van der Waals surface area contributed by atoms with Crippen LogP contribution in [0.25, 0.3) is 0 Å². The van der Waals surface area contributed by atoms with E-state index in [4.69, 9.17) is 10.5 Å². The summed E-state index contributed by atoms with van der Waals surface area (Å²) in [6, 6.07) is 4.56. The number of carbonyl (C=O) groups excluding carboxylic acids is 2. The van der Waals surface area contributed by atoms with Gasteiger partial charge in [-0.3, -0.25) is 9.59 Å². The third-order valence-corrected chi connectivity index (χ3v) is 5.52. The zero-order valence-electron chi connectivity index (χ0n) is 17.0. The molecule has 0 heterocycles. The molecule has 2 rings (SSSR count). The van der Waals surface area contributed by atoms with Crippen molar-refractivity contribution in [2.75, 3.05) is 17.7 Å². The van der Waals surface area contributed by atoms with Crippen molar-refractivity contribution in [2.45, 2.75) is 53.0 Å². The Kier molecular flexibility index (Phi) is 7.25. The van der Waals surface area contributed by atoms with Crippen molar-refractivity contribution in [1.82, 2.24) is 0 Å². The molecule has 150 valence electrons. The van der Waals surface area contributed by atoms with E-state index in [1.54, 1.807) is 32.2 Å². The Morgan fingerprint density at radius 2 is 1.85 bits per heavy atom. The molecule has 0 aliphatic heterocycles. The topological polar surface area (TPSA) is 93.5 Å². The second kappa shape index (κ2) is 9.22. The Morgan fingerprint density at radius 3 is 2.44 bits per heavy atom. The molecule has 6 nitrogen and oxygen atoms in total. The van der Waals surface area contributed by atoms with Crippen molar-refractivity contribution in [3.05, 3.63) is 18.2 Å². The van der Waals surface area contributed by atoms with Crippen molar-refractivity contribution >= 4 is 23.2 Å². The number of nitrogens with one attached hydrogen (secondary N) is 2. The zero-order chi connectivity index (χ0) is 20.1. The van der Waals surface area contributed by atoms with E-state index in [2.05, 4.69) is 31.4 Å². The van der Waals surface area contributed by atoms with E-state index in [1.807, 2.05) is 0 Å². The van der Waals surface area contributed by atoms with E-state index in [0.29, 0.717) is 34.9 Å². The molecule has 0 radical (unpaired) electrons. The maximum absolute atomic E-state index is 13.1. The number of nitrogens with two attached hydrogens (primary N) is 1. The fourth-order valence-corrected chi connectivity index (χ4v) is 3.84. The highest BCUT2D eigenvalue weighted by Gasteiger charge is 2.35. The normalized spacial score (nSPS) is 23.6. The Balaban J connectivity index is 2.23. The zero-order valence-corrected chi connectivity index (χ0v) is 17.0. The Morgan fingerprint density at radius 1 is 1.15 bits per heavy atom. The van der Waals surface area contributed by atoms with E-state index >= 15 is 0 Å². The summed E-state index contributed by atoms with van der Waals surface area (Å²) in [5.74, 6) is 1.66. The summed E-state index contributed by atoms with van der Waals surface area (Å²) < 4.78 is 5.24. The van der Waals surface area contributed by atoms with Crippen molar-refractivity contribution in [3.63, 3.8) is 0 Å². The number of methoxy groups -OCH3 is 1. The standard InChI is InChI=1S/C21H33N3O3/c1-12(2)16-8-6-13(3)10-17(16)21(26)23-18-9-7-15(27-5)11-19(18)24-20(25)14(4)22/h7,9,11-14,16-17H,6,8,10,22H2,1-5H3,(H,23,26)(H,24,25)/t13?,14-,16+,17?/m1/s1. The van der Waals surface area contributed by atoms with Gasteiger partial charge in [-0.25, -0.2) is 0 Å². The lowest BCUT2D eigenvalue weighted by Gasteiger charge is -2.36. The lowest BCUT2D eigenvalue weighted by molar-refractivity contribution is -0.124. The van der Waals surface area contributed by atoms with E-state index in [0.717, 1.165) is 12.8 Å². The molecular weight excluding hydrogens is 342 g/mol. The minimum Gasteiger partial charge on any atom is -0.497 e. The predicted octanol–water partition coefficient (Wildman–Crippen LogP) is 3.63. The van der Waals surface area contributed by atoms with Gasteiger partial charge in [-0.1, -0.05) is 27.2 Å². The van der Waals surface area contributed by atoms with Crippen LogP contribution in [0.2, 0.25) is 0 Å². The summed E-state index contributed by atoms with van der Waals surface area (Å²) in [5, 5.41) is 5.81. The molecule has 0 spiro atoms. The van der Waals surface area contributed by atoms with Crippen molar-refractivity contribution in [3.8, 4) is 5.75 Å². The van der Waals surface area contributed by atoms with Gasteiger partial charge < -0.3 is 21.1 Å². The van der Waals surface area contributed by atoms with Crippen LogP contribution in [0.15, 0.2) is 18.2 Å². The molecule has 1 aliphatic rings. The minimum atomic E-state index is -0.649. The van der Waals surface area contributed by atoms with Gasteiger partial charge in [-0.15, -0.1) is 0 Å². The molecule has 1 aromatic carbocycles. The SMILES string of the molecule is COc1ccc(NC(=O)C2CC(C)CC[C@H]2C(C)C)c(NC(=O)[C@@H](C)N)c1. The first kappa shape index (κ1) is 21.2. The summed E-state index contributed by atoms with van der Waals surface area (Å²) in [5.41, 5.74) is 6.72. The number of anilines is 2. The molecular formula is C21H33N3O3. The highest BCUT2D eigenvalue weighted by atomic mass is 16.5. The second-order valence-electron chi connectivity index (χ2n) is 8.11. The lowest BCUT2D eigenvalue weighted by atomic mass is 9.70. The summed E-state index contributed by atoms with van der Waals surface area (Å²) in [7, 11) is 1.56. The molecule has 2 amide bonds. The number of ether oxygens (including phenoxy) is 1.